The number of hydrogen-bond donors (Lipinski definition) is 2. The van der Waals surface area contributed by atoms with Crippen molar-refractivity contribution in [2.75, 3.05) is 0 Å². The summed E-state index contributed by atoms with van der Waals surface area (Å²) in [5, 5.41) is 6.47. The molecule has 0 aliphatic heterocycles. The highest BCUT2D eigenvalue weighted by molar-refractivity contribution is 6.03. The van der Waals surface area contributed by atoms with Crippen molar-refractivity contribution in [2.24, 2.45) is 5.73 Å². The number of halogens is 3. The van der Waals surface area contributed by atoms with E-state index >= 15 is 0 Å². The molecular weight excluding hydrogens is 429 g/mol. The van der Waals surface area contributed by atoms with E-state index in [0.29, 0.717) is 0 Å². The molecule has 0 bridgehead atoms. The van der Waals surface area contributed by atoms with Crippen molar-refractivity contribution in [1.29, 1.82) is 0 Å². The van der Waals surface area contributed by atoms with Gasteiger partial charge in [-0.3, -0.25) is 9.59 Å². The van der Waals surface area contributed by atoms with Crippen LogP contribution >= 0.6 is 0 Å². The Bertz CT molecular complexity index is 1290. The lowest BCUT2D eigenvalue weighted by molar-refractivity contribution is -0.137. The molecule has 7 heteroatoms. The van der Waals surface area contributed by atoms with Crippen molar-refractivity contribution in [3.8, 4) is 0 Å². The molecule has 0 saturated heterocycles. The summed E-state index contributed by atoms with van der Waals surface area (Å²) in [7, 11) is 0. The van der Waals surface area contributed by atoms with Gasteiger partial charge in [0.2, 0.25) is 11.8 Å². The van der Waals surface area contributed by atoms with Gasteiger partial charge in [-0.05, 0) is 44.8 Å². The lowest BCUT2D eigenvalue weighted by Gasteiger charge is -2.19. The van der Waals surface area contributed by atoms with E-state index in [1.54, 1.807) is 0 Å². The van der Waals surface area contributed by atoms with E-state index in [1.807, 2.05) is 48.5 Å². The average Bonchev–Trinajstić information content (AvgIpc) is 2.77. The maximum atomic E-state index is 13.0. The molecule has 4 rings (SSSR count). The predicted octanol–water partition coefficient (Wildman–Crippen LogP) is 4.77. The Hall–Kier alpha value is -3.87. The smallest absolute Gasteiger partial charge is 0.368 e. The first kappa shape index (κ1) is 22.3. The topological polar surface area (TPSA) is 72.2 Å². The molecule has 0 aliphatic carbocycles. The molecule has 0 fully saturated rings. The summed E-state index contributed by atoms with van der Waals surface area (Å²) >= 11 is 0. The lowest BCUT2D eigenvalue weighted by Crippen LogP contribution is -2.46. The maximum Gasteiger partial charge on any atom is 0.416 e. The molecule has 4 aromatic rings. The number of nitrogens with two attached hydrogens (primary N) is 1. The molecule has 3 N–H and O–H groups in total. The zero-order valence-electron chi connectivity index (χ0n) is 17.5. The number of carbonyl (C=O) groups excluding carboxylic acids is 2. The molecule has 0 aromatic heterocycles. The van der Waals surface area contributed by atoms with Gasteiger partial charge in [-0.1, -0.05) is 66.7 Å². The molecule has 0 unspecified atom stereocenters. The van der Waals surface area contributed by atoms with Crippen molar-refractivity contribution in [1.82, 2.24) is 5.32 Å². The quantitative estimate of drug-likeness (QED) is 0.416. The summed E-state index contributed by atoms with van der Waals surface area (Å²) in [5.74, 6) is -1.30. The van der Waals surface area contributed by atoms with Crippen LogP contribution in [0.1, 0.15) is 16.7 Å². The molecule has 4 nitrogen and oxygen atoms in total. The van der Waals surface area contributed by atoms with Crippen LogP contribution in [0.2, 0.25) is 0 Å². The third kappa shape index (κ3) is 4.98. The first-order valence-electron chi connectivity index (χ1n) is 10.4. The zero-order chi connectivity index (χ0) is 23.6. The molecule has 0 spiro atoms. The van der Waals surface area contributed by atoms with E-state index in [2.05, 4.69) is 11.4 Å². The number of alkyl halides is 3. The predicted molar refractivity (Wildman–Crippen MR) is 121 cm³/mol. The third-order valence-electron chi connectivity index (χ3n) is 5.59. The molecule has 33 heavy (non-hydrogen) atoms. The van der Waals surface area contributed by atoms with Gasteiger partial charge in [0, 0.05) is 6.42 Å². The fourth-order valence-electron chi connectivity index (χ4n) is 4.04. The number of benzene rings is 4. The number of amides is 2. The minimum Gasteiger partial charge on any atom is -0.368 e. The van der Waals surface area contributed by atoms with Gasteiger partial charge in [0.25, 0.3) is 0 Å². The molecule has 0 radical (unpaired) electrons. The van der Waals surface area contributed by atoms with Crippen LogP contribution in [-0.4, -0.2) is 17.9 Å². The lowest BCUT2D eigenvalue weighted by atomic mass is 9.92. The van der Waals surface area contributed by atoms with Crippen molar-refractivity contribution in [3.05, 3.63) is 95.6 Å². The van der Waals surface area contributed by atoms with Gasteiger partial charge in [0.15, 0.2) is 0 Å². The van der Waals surface area contributed by atoms with Crippen molar-refractivity contribution < 1.29 is 22.8 Å². The van der Waals surface area contributed by atoms with Gasteiger partial charge < -0.3 is 11.1 Å². The second kappa shape index (κ2) is 8.94. The monoisotopic (exact) mass is 450 g/mol. The number of primary amides is 1. The summed E-state index contributed by atoms with van der Waals surface area (Å²) in [6, 6.07) is 21.1. The Morgan fingerprint density at radius 1 is 0.848 bits per heavy atom. The Kier molecular flexibility index (Phi) is 6.05. The van der Waals surface area contributed by atoms with E-state index in [4.69, 9.17) is 5.73 Å². The highest BCUT2D eigenvalue weighted by atomic mass is 19.4. The highest BCUT2D eigenvalue weighted by Crippen LogP contribution is 2.30. The maximum absolute atomic E-state index is 13.0. The highest BCUT2D eigenvalue weighted by Gasteiger charge is 2.30. The van der Waals surface area contributed by atoms with Crippen LogP contribution in [0.4, 0.5) is 13.2 Å². The van der Waals surface area contributed by atoms with E-state index in [1.165, 1.54) is 12.1 Å². The van der Waals surface area contributed by atoms with Gasteiger partial charge in [0.1, 0.15) is 6.04 Å². The van der Waals surface area contributed by atoms with Crippen molar-refractivity contribution in [2.45, 2.75) is 25.1 Å². The van der Waals surface area contributed by atoms with E-state index in [0.717, 1.165) is 39.2 Å². The number of fused-ring (bicyclic) bond motifs is 2. The summed E-state index contributed by atoms with van der Waals surface area (Å²) < 4.78 is 38.9. The average molecular weight is 450 g/mol. The summed E-state index contributed by atoms with van der Waals surface area (Å²) in [6.07, 6.45) is -4.65. The fourth-order valence-corrected chi connectivity index (χ4v) is 4.04. The molecule has 0 aliphatic rings. The van der Waals surface area contributed by atoms with Gasteiger partial charge in [-0.25, -0.2) is 0 Å². The molecule has 168 valence electrons. The van der Waals surface area contributed by atoms with Crippen molar-refractivity contribution in [3.63, 3.8) is 0 Å². The number of rotatable bonds is 6. The first-order chi connectivity index (χ1) is 15.7. The van der Waals surface area contributed by atoms with Gasteiger partial charge in [-0.2, -0.15) is 13.2 Å². The van der Waals surface area contributed by atoms with E-state index in [9.17, 15) is 22.8 Å². The Labute approximate surface area is 188 Å². The van der Waals surface area contributed by atoms with Gasteiger partial charge in [0.05, 0.1) is 12.0 Å². The fraction of sp³-hybridized carbons (Fsp3) is 0.154. The van der Waals surface area contributed by atoms with E-state index < -0.39 is 29.6 Å². The summed E-state index contributed by atoms with van der Waals surface area (Å²) in [4.78, 5) is 24.8. The molecule has 2 amide bonds. The minimum absolute atomic E-state index is 0.158. The second-order valence-corrected chi connectivity index (χ2v) is 7.90. The SMILES string of the molecule is NC(=O)[C@@H](Cc1c2ccccc2cc2ccccc12)NC(=O)Cc1cccc(C(F)(F)F)c1. The van der Waals surface area contributed by atoms with Crippen LogP contribution < -0.4 is 11.1 Å². The minimum atomic E-state index is -4.50. The molecule has 1 atom stereocenters. The Balaban J connectivity index is 1.61. The van der Waals surface area contributed by atoms with Crippen LogP contribution in [0.25, 0.3) is 21.5 Å². The van der Waals surface area contributed by atoms with Crippen LogP contribution in [-0.2, 0) is 28.6 Å². The second-order valence-electron chi connectivity index (χ2n) is 7.90. The van der Waals surface area contributed by atoms with Crippen LogP contribution in [0.5, 0.6) is 0 Å². The number of hydrogen-bond acceptors (Lipinski definition) is 2. The standard InChI is InChI=1S/C26H21F3N2O2/c27-26(28,29)19-9-5-6-16(12-19)13-24(32)31-23(25(30)33)15-22-20-10-3-1-7-17(20)14-18-8-2-4-11-21(18)22/h1-12,14,23H,13,15H2,(H2,30,33)(H,31,32)/t23-/m1/s1. The Morgan fingerprint density at radius 3 is 2.03 bits per heavy atom. The molecule has 0 heterocycles. The summed E-state index contributed by atoms with van der Waals surface area (Å²) in [6.45, 7) is 0. The molecular formula is C26H21F3N2O2. The largest absolute Gasteiger partial charge is 0.416 e. The zero-order valence-corrected chi connectivity index (χ0v) is 17.5. The van der Waals surface area contributed by atoms with Crippen molar-refractivity contribution >= 4 is 33.4 Å². The summed E-state index contributed by atoms with van der Waals surface area (Å²) in [5.41, 5.74) is 5.82. The van der Waals surface area contributed by atoms with Crippen LogP contribution in [0, 0.1) is 0 Å². The normalized spacial score (nSPS) is 12.6. The number of nitrogens with one attached hydrogen (secondary N) is 1. The molecule has 4 aromatic carbocycles. The Morgan fingerprint density at radius 2 is 1.45 bits per heavy atom. The first-order valence-corrected chi connectivity index (χ1v) is 10.4. The van der Waals surface area contributed by atoms with Crippen LogP contribution in [0.3, 0.4) is 0 Å². The van der Waals surface area contributed by atoms with Crippen LogP contribution in [0.15, 0.2) is 78.9 Å². The van der Waals surface area contributed by atoms with E-state index in [-0.39, 0.29) is 18.4 Å². The number of carbonyl (C=O) groups is 2. The molecule has 0 saturated carbocycles. The van der Waals surface area contributed by atoms with Gasteiger partial charge in [-0.15, -0.1) is 0 Å². The van der Waals surface area contributed by atoms with Gasteiger partial charge >= 0.3 is 6.18 Å². The third-order valence-corrected chi connectivity index (χ3v) is 5.59.